The number of hydrogen-bond donors (Lipinski definition) is 3. The molecule has 0 bridgehead atoms. The number of aryl methyl sites for hydroxylation is 1. The van der Waals surface area contributed by atoms with Gasteiger partial charge in [-0.1, -0.05) is 26.0 Å². The van der Waals surface area contributed by atoms with Gasteiger partial charge >= 0.3 is 5.97 Å². The second-order valence-corrected chi connectivity index (χ2v) is 6.28. The lowest BCUT2D eigenvalue weighted by molar-refractivity contribution is -0.137. The third-order valence-corrected chi connectivity index (χ3v) is 3.93. The zero-order valence-corrected chi connectivity index (χ0v) is 14.3. The number of aromatic hydroxyl groups is 1. The van der Waals surface area contributed by atoms with E-state index in [1.54, 1.807) is 24.3 Å². The van der Waals surface area contributed by atoms with E-state index >= 15 is 0 Å². The van der Waals surface area contributed by atoms with Gasteiger partial charge in [0.2, 0.25) is 0 Å². The number of nitrogens with zero attached hydrogens (tertiary/aromatic N) is 1. The van der Waals surface area contributed by atoms with Crippen LogP contribution in [0.5, 0.6) is 5.75 Å². The molecule has 0 unspecified atom stereocenters. The van der Waals surface area contributed by atoms with Crippen molar-refractivity contribution >= 4 is 22.8 Å². The molecule has 0 aliphatic heterocycles. The normalized spacial score (nSPS) is 11.0. The fraction of sp³-hybridized carbons (Fsp3) is 0.389. The Morgan fingerprint density at radius 3 is 2.56 bits per heavy atom. The van der Waals surface area contributed by atoms with E-state index in [9.17, 15) is 19.5 Å². The van der Waals surface area contributed by atoms with Crippen LogP contribution in [0.25, 0.3) is 10.9 Å². The van der Waals surface area contributed by atoms with E-state index in [0.717, 1.165) is 6.42 Å². The van der Waals surface area contributed by atoms with Gasteiger partial charge in [0.25, 0.3) is 11.5 Å². The van der Waals surface area contributed by atoms with Crippen molar-refractivity contribution < 1.29 is 19.8 Å². The van der Waals surface area contributed by atoms with Crippen LogP contribution in [0.2, 0.25) is 0 Å². The molecule has 7 nitrogen and oxygen atoms in total. The molecule has 0 aliphatic carbocycles. The molecule has 0 aliphatic rings. The molecular weight excluding hydrogens is 324 g/mol. The van der Waals surface area contributed by atoms with Crippen LogP contribution in [0.4, 0.5) is 0 Å². The van der Waals surface area contributed by atoms with Gasteiger partial charge in [-0.25, -0.2) is 0 Å². The van der Waals surface area contributed by atoms with Crippen LogP contribution >= 0.6 is 0 Å². The molecule has 0 radical (unpaired) electrons. The Kier molecular flexibility index (Phi) is 5.80. The number of benzene rings is 1. The van der Waals surface area contributed by atoms with Crippen LogP contribution in [0, 0.1) is 5.92 Å². The molecule has 2 aromatic rings. The lowest BCUT2D eigenvalue weighted by Crippen LogP contribution is -2.34. The first-order valence-electron chi connectivity index (χ1n) is 8.17. The van der Waals surface area contributed by atoms with Gasteiger partial charge in [0.15, 0.2) is 0 Å². The van der Waals surface area contributed by atoms with Crippen LogP contribution in [0.3, 0.4) is 0 Å². The maximum atomic E-state index is 12.7. The largest absolute Gasteiger partial charge is 0.506 e. The first kappa shape index (κ1) is 18.5. The molecule has 134 valence electrons. The predicted molar refractivity (Wildman–Crippen MR) is 93.9 cm³/mol. The van der Waals surface area contributed by atoms with E-state index < -0.39 is 17.4 Å². The van der Waals surface area contributed by atoms with Crippen molar-refractivity contribution in [2.75, 3.05) is 6.54 Å². The summed E-state index contributed by atoms with van der Waals surface area (Å²) in [6.45, 7) is 4.33. The fourth-order valence-corrected chi connectivity index (χ4v) is 2.59. The van der Waals surface area contributed by atoms with Crippen molar-refractivity contribution in [3.05, 3.63) is 40.2 Å². The minimum Gasteiger partial charge on any atom is -0.506 e. The second-order valence-electron chi connectivity index (χ2n) is 6.28. The highest BCUT2D eigenvalue weighted by Gasteiger charge is 2.22. The Morgan fingerprint density at radius 1 is 1.24 bits per heavy atom. The molecular formula is C18H22N2O5. The maximum absolute atomic E-state index is 12.7. The summed E-state index contributed by atoms with van der Waals surface area (Å²) in [6.07, 6.45) is 0.483. The number of pyridine rings is 1. The number of carboxylic acids is 1. The SMILES string of the molecule is CC(C)CCNC(=O)c1c(O)c2ccccc2n(CCC(=O)O)c1=O. The molecule has 1 heterocycles. The third-order valence-electron chi connectivity index (χ3n) is 3.93. The zero-order valence-electron chi connectivity index (χ0n) is 14.3. The van der Waals surface area contributed by atoms with E-state index in [4.69, 9.17) is 5.11 Å². The number of hydrogen-bond acceptors (Lipinski definition) is 4. The van der Waals surface area contributed by atoms with E-state index in [2.05, 4.69) is 5.32 Å². The summed E-state index contributed by atoms with van der Waals surface area (Å²) in [5, 5.41) is 22.3. The van der Waals surface area contributed by atoms with Gasteiger partial charge < -0.3 is 20.1 Å². The molecule has 0 saturated carbocycles. The summed E-state index contributed by atoms with van der Waals surface area (Å²) in [4.78, 5) is 36.0. The van der Waals surface area contributed by atoms with E-state index in [-0.39, 0.29) is 24.3 Å². The van der Waals surface area contributed by atoms with Crippen LogP contribution in [0.15, 0.2) is 29.1 Å². The molecule has 0 fully saturated rings. The molecule has 7 heteroatoms. The fourth-order valence-electron chi connectivity index (χ4n) is 2.59. The number of aliphatic carboxylic acids is 1. The Hall–Kier alpha value is -2.83. The highest BCUT2D eigenvalue weighted by molar-refractivity contribution is 6.02. The van der Waals surface area contributed by atoms with Gasteiger partial charge in [0.1, 0.15) is 11.3 Å². The Labute approximate surface area is 144 Å². The molecule has 0 saturated heterocycles. The molecule has 2 rings (SSSR count). The van der Waals surface area contributed by atoms with Gasteiger partial charge in [-0.3, -0.25) is 14.4 Å². The summed E-state index contributed by atoms with van der Waals surface area (Å²) in [5.41, 5.74) is -0.655. The average Bonchev–Trinajstić information content (AvgIpc) is 2.54. The summed E-state index contributed by atoms with van der Waals surface area (Å²) in [5.74, 6) is -1.70. The van der Waals surface area contributed by atoms with Crippen molar-refractivity contribution in [3.63, 3.8) is 0 Å². The van der Waals surface area contributed by atoms with Gasteiger partial charge in [-0.05, 0) is 24.5 Å². The minimum atomic E-state index is -1.05. The van der Waals surface area contributed by atoms with Crippen molar-refractivity contribution in [3.8, 4) is 5.75 Å². The monoisotopic (exact) mass is 346 g/mol. The average molecular weight is 346 g/mol. The number of nitrogens with one attached hydrogen (secondary N) is 1. The molecule has 1 amide bonds. The maximum Gasteiger partial charge on any atom is 0.305 e. The van der Waals surface area contributed by atoms with Crippen LogP contribution in [-0.4, -0.2) is 33.2 Å². The van der Waals surface area contributed by atoms with Crippen LogP contribution in [-0.2, 0) is 11.3 Å². The lowest BCUT2D eigenvalue weighted by Gasteiger charge is -2.14. The number of carboxylic acid groups (broad SMARTS) is 1. The zero-order chi connectivity index (χ0) is 18.6. The van der Waals surface area contributed by atoms with Crippen molar-refractivity contribution in [2.45, 2.75) is 33.2 Å². The predicted octanol–water partition coefficient (Wildman–Crippen LogP) is 1.96. The molecule has 1 aromatic heterocycles. The molecule has 1 aromatic carbocycles. The van der Waals surface area contributed by atoms with E-state index in [0.29, 0.717) is 23.4 Å². The summed E-state index contributed by atoms with van der Waals surface area (Å²) < 4.78 is 1.22. The van der Waals surface area contributed by atoms with Crippen molar-refractivity contribution in [1.29, 1.82) is 0 Å². The Bertz CT molecular complexity index is 854. The smallest absolute Gasteiger partial charge is 0.305 e. The number of para-hydroxylation sites is 1. The minimum absolute atomic E-state index is 0.0821. The quantitative estimate of drug-likeness (QED) is 0.710. The molecule has 3 N–H and O–H groups in total. The summed E-state index contributed by atoms with van der Waals surface area (Å²) >= 11 is 0. The summed E-state index contributed by atoms with van der Waals surface area (Å²) in [7, 11) is 0. The van der Waals surface area contributed by atoms with Gasteiger partial charge in [0.05, 0.1) is 11.9 Å². The van der Waals surface area contributed by atoms with Crippen molar-refractivity contribution in [2.24, 2.45) is 5.92 Å². The molecule has 0 spiro atoms. The van der Waals surface area contributed by atoms with Gasteiger partial charge in [-0.15, -0.1) is 0 Å². The Balaban J connectivity index is 2.50. The molecule has 0 atom stereocenters. The number of carbonyl (C=O) groups excluding carboxylic acids is 1. The van der Waals surface area contributed by atoms with Gasteiger partial charge in [0, 0.05) is 18.5 Å². The highest BCUT2D eigenvalue weighted by atomic mass is 16.4. The second kappa shape index (κ2) is 7.83. The number of aromatic nitrogens is 1. The first-order chi connectivity index (χ1) is 11.8. The van der Waals surface area contributed by atoms with Crippen molar-refractivity contribution in [1.82, 2.24) is 9.88 Å². The van der Waals surface area contributed by atoms with Crippen LogP contribution in [0.1, 0.15) is 37.0 Å². The van der Waals surface area contributed by atoms with Gasteiger partial charge in [-0.2, -0.15) is 0 Å². The number of carbonyl (C=O) groups is 2. The molecule has 25 heavy (non-hydrogen) atoms. The number of amides is 1. The summed E-state index contributed by atoms with van der Waals surface area (Å²) in [6, 6.07) is 6.56. The lowest BCUT2D eigenvalue weighted by atomic mass is 10.1. The van der Waals surface area contributed by atoms with E-state index in [1.165, 1.54) is 4.57 Å². The van der Waals surface area contributed by atoms with E-state index in [1.807, 2.05) is 13.8 Å². The van der Waals surface area contributed by atoms with Crippen LogP contribution < -0.4 is 10.9 Å². The standard InChI is InChI=1S/C18H22N2O5/c1-11(2)7-9-19-17(24)15-16(23)12-5-3-4-6-13(12)20(18(15)25)10-8-14(21)22/h3-6,11,23H,7-10H2,1-2H3,(H,19,24)(H,21,22). The number of fused-ring (bicyclic) bond motifs is 1. The topological polar surface area (TPSA) is 109 Å². The Morgan fingerprint density at radius 2 is 1.92 bits per heavy atom. The highest BCUT2D eigenvalue weighted by Crippen LogP contribution is 2.26. The third kappa shape index (κ3) is 4.17. The number of rotatable bonds is 7. The first-order valence-corrected chi connectivity index (χ1v) is 8.17.